The number of carbonyl (C=O) groups excluding carboxylic acids is 1. The molecule has 5 nitrogen and oxygen atoms in total. The normalized spacial score (nSPS) is 12.3. The Balaban J connectivity index is 2.95. The smallest absolute Gasteiger partial charge is 0.362 e. The molecule has 0 aromatic heterocycles. The largest absolute Gasteiger partial charge is 0.510 e. The quantitative estimate of drug-likeness (QED) is 0.366. The first-order valence-electron chi connectivity index (χ1n) is 6.25. The van der Waals surface area contributed by atoms with E-state index in [9.17, 15) is 9.90 Å². The standard InChI is InChI=1S/C14H18N2O3/c1-3-8-12(17)13(14(18)19-4-2)16-15-11-9-6-5-7-10-11/h5-7,9-10,17H,3-4,8H2,1-2H3/b13-12+,16-15?. The molecule has 0 radical (unpaired) electrons. The van der Waals surface area contributed by atoms with Gasteiger partial charge in [-0.15, -0.1) is 5.11 Å². The minimum absolute atomic E-state index is 0.0966. The number of aliphatic hydroxyl groups excluding tert-OH is 1. The number of allylic oxidation sites excluding steroid dienone is 1. The lowest BCUT2D eigenvalue weighted by Crippen LogP contribution is -2.08. The molecule has 0 bridgehead atoms. The number of aliphatic hydroxyl groups is 1. The summed E-state index contributed by atoms with van der Waals surface area (Å²) in [5, 5.41) is 17.5. The average Bonchev–Trinajstić information content (AvgIpc) is 2.41. The molecule has 0 heterocycles. The zero-order chi connectivity index (χ0) is 14.1. The van der Waals surface area contributed by atoms with Gasteiger partial charge in [0.25, 0.3) is 0 Å². The predicted molar refractivity (Wildman–Crippen MR) is 72.2 cm³/mol. The van der Waals surface area contributed by atoms with Crippen LogP contribution in [-0.4, -0.2) is 17.7 Å². The first-order valence-corrected chi connectivity index (χ1v) is 6.25. The lowest BCUT2D eigenvalue weighted by atomic mass is 10.2. The van der Waals surface area contributed by atoms with Crippen LogP contribution in [0.15, 0.2) is 52.0 Å². The number of azo groups is 1. The number of rotatable bonds is 6. The van der Waals surface area contributed by atoms with E-state index in [4.69, 9.17) is 4.74 Å². The third-order valence-electron chi connectivity index (χ3n) is 2.25. The van der Waals surface area contributed by atoms with Gasteiger partial charge in [0.05, 0.1) is 12.3 Å². The van der Waals surface area contributed by atoms with Crippen LogP contribution < -0.4 is 0 Å². The minimum atomic E-state index is -0.659. The van der Waals surface area contributed by atoms with Crippen molar-refractivity contribution in [2.75, 3.05) is 6.61 Å². The van der Waals surface area contributed by atoms with Crippen LogP contribution in [0.25, 0.3) is 0 Å². The molecule has 0 amide bonds. The zero-order valence-electron chi connectivity index (χ0n) is 11.2. The molecule has 0 fully saturated rings. The van der Waals surface area contributed by atoms with Crippen LogP contribution in [0, 0.1) is 0 Å². The Hall–Kier alpha value is -2.17. The summed E-state index contributed by atoms with van der Waals surface area (Å²) in [6.45, 7) is 3.82. The van der Waals surface area contributed by atoms with Gasteiger partial charge in [-0.1, -0.05) is 25.1 Å². The van der Waals surface area contributed by atoms with E-state index in [1.807, 2.05) is 25.1 Å². The highest BCUT2D eigenvalue weighted by Gasteiger charge is 2.16. The Bertz CT molecular complexity index is 467. The topological polar surface area (TPSA) is 71.2 Å². The third-order valence-corrected chi connectivity index (χ3v) is 2.25. The lowest BCUT2D eigenvalue weighted by Gasteiger charge is -2.04. The summed E-state index contributed by atoms with van der Waals surface area (Å²) in [6.07, 6.45) is 1.07. The lowest BCUT2D eigenvalue weighted by molar-refractivity contribution is -0.138. The summed E-state index contributed by atoms with van der Waals surface area (Å²) in [5.74, 6) is -0.756. The average molecular weight is 262 g/mol. The van der Waals surface area contributed by atoms with Crippen molar-refractivity contribution in [3.63, 3.8) is 0 Å². The number of carbonyl (C=O) groups is 1. The van der Waals surface area contributed by atoms with Gasteiger partial charge in [-0.3, -0.25) is 0 Å². The number of nitrogens with zero attached hydrogens (tertiary/aromatic N) is 2. The number of benzene rings is 1. The molecular formula is C14H18N2O3. The van der Waals surface area contributed by atoms with Crippen molar-refractivity contribution in [3.05, 3.63) is 41.8 Å². The van der Waals surface area contributed by atoms with Crippen molar-refractivity contribution < 1.29 is 14.6 Å². The number of hydrogen-bond donors (Lipinski definition) is 1. The molecule has 102 valence electrons. The molecule has 0 aliphatic rings. The maximum atomic E-state index is 11.7. The molecule has 0 unspecified atom stereocenters. The maximum Gasteiger partial charge on any atom is 0.362 e. The molecular weight excluding hydrogens is 244 g/mol. The van der Waals surface area contributed by atoms with E-state index < -0.39 is 5.97 Å². The van der Waals surface area contributed by atoms with Gasteiger partial charge in [0.1, 0.15) is 5.76 Å². The number of ether oxygens (including phenoxy) is 1. The van der Waals surface area contributed by atoms with Crippen LogP contribution in [0.3, 0.4) is 0 Å². The SMILES string of the molecule is CCC/C(O)=C(\N=Nc1ccccc1)C(=O)OCC. The van der Waals surface area contributed by atoms with Gasteiger partial charge in [-0.2, -0.15) is 5.11 Å². The van der Waals surface area contributed by atoms with Gasteiger partial charge in [0.2, 0.25) is 5.70 Å². The van der Waals surface area contributed by atoms with E-state index in [0.29, 0.717) is 18.5 Å². The molecule has 1 N–H and O–H groups in total. The van der Waals surface area contributed by atoms with E-state index in [1.165, 1.54) is 0 Å². The van der Waals surface area contributed by atoms with Crippen molar-refractivity contribution in [1.29, 1.82) is 0 Å². The third kappa shape index (κ3) is 4.91. The summed E-state index contributed by atoms with van der Waals surface area (Å²) in [5.41, 5.74) is 0.473. The second-order valence-electron chi connectivity index (χ2n) is 3.80. The van der Waals surface area contributed by atoms with E-state index in [1.54, 1.807) is 19.1 Å². The van der Waals surface area contributed by atoms with Crippen LogP contribution in [0.1, 0.15) is 26.7 Å². The van der Waals surface area contributed by atoms with Gasteiger partial charge in [-0.25, -0.2) is 4.79 Å². The van der Waals surface area contributed by atoms with Gasteiger partial charge in [-0.05, 0) is 25.5 Å². The summed E-state index contributed by atoms with van der Waals surface area (Å²) >= 11 is 0. The number of hydrogen-bond acceptors (Lipinski definition) is 5. The summed E-state index contributed by atoms with van der Waals surface area (Å²) in [6, 6.07) is 8.99. The fourth-order valence-electron chi connectivity index (χ4n) is 1.37. The summed E-state index contributed by atoms with van der Waals surface area (Å²) in [4.78, 5) is 11.7. The van der Waals surface area contributed by atoms with Crippen molar-refractivity contribution in [2.45, 2.75) is 26.7 Å². The molecule has 1 aromatic rings. The fourth-order valence-corrected chi connectivity index (χ4v) is 1.37. The zero-order valence-corrected chi connectivity index (χ0v) is 11.2. The van der Waals surface area contributed by atoms with Gasteiger partial charge in [0, 0.05) is 6.42 Å². The first kappa shape index (κ1) is 14.9. The van der Waals surface area contributed by atoms with Crippen LogP contribution in [0.2, 0.25) is 0 Å². The molecule has 1 rings (SSSR count). The molecule has 0 atom stereocenters. The number of esters is 1. The predicted octanol–water partition coefficient (Wildman–Crippen LogP) is 3.90. The van der Waals surface area contributed by atoms with E-state index in [0.717, 1.165) is 0 Å². The monoisotopic (exact) mass is 262 g/mol. The highest BCUT2D eigenvalue weighted by atomic mass is 16.5. The van der Waals surface area contributed by atoms with Crippen LogP contribution >= 0.6 is 0 Å². The van der Waals surface area contributed by atoms with Gasteiger partial charge < -0.3 is 9.84 Å². The van der Waals surface area contributed by atoms with Gasteiger partial charge >= 0.3 is 5.97 Å². The van der Waals surface area contributed by atoms with Crippen molar-refractivity contribution in [3.8, 4) is 0 Å². The second kappa shape index (κ2) is 8.02. The molecule has 5 heteroatoms. The Morgan fingerprint density at radius 1 is 1.26 bits per heavy atom. The molecule has 0 aliphatic heterocycles. The summed E-state index contributed by atoms with van der Waals surface area (Å²) < 4.78 is 4.85. The van der Waals surface area contributed by atoms with Crippen molar-refractivity contribution >= 4 is 11.7 Å². The Kier molecular flexibility index (Phi) is 6.29. The molecule has 1 aromatic carbocycles. The van der Waals surface area contributed by atoms with Crippen molar-refractivity contribution in [1.82, 2.24) is 0 Å². The van der Waals surface area contributed by atoms with Crippen LogP contribution in [-0.2, 0) is 9.53 Å². The Morgan fingerprint density at radius 2 is 1.95 bits per heavy atom. The van der Waals surface area contributed by atoms with Crippen LogP contribution in [0.4, 0.5) is 5.69 Å². The molecule has 0 saturated carbocycles. The summed E-state index contributed by atoms with van der Waals surface area (Å²) in [7, 11) is 0. The molecule has 19 heavy (non-hydrogen) atoms. The maximum absolute atomic E-state index is 11.7. The molecule has 0 spiro atoms. The van der Waals surface area contributed by atoms with Gasteiger partial charge in [0.15, 0.2) is 0 Å². The fraction of sp³-hybridized carbons (Fsp3) is 0.357. The van der Waals surface area contributed by atoms with E-state index in [-0.39, 0.29) is 18.1 Å². The highest BCUT2D eigenvalue weighted by molar-refractivity contribution is 5.88. The first-order chi connectivity index (χ1) is 9.19. The van der Waals surface area contributed by atoms with E-state index >= 15 is 0 Å². The second-order valence-corrected chi connectivity index (χ2v) is 3.80. The van der Waals surface area contributed by atoms with Crippen molar-refractivity contribution in [2.24, 2.45) is 10.2 Å². The highest BCUT2D eigenvalue weighted by Crippen LogP contribution is 2.16. The minimum Gasteiger partial charge on any atom is -0.510 e. The van der Waals surface area contributed by atoms with Crippen LogP contribution in [0.5, 0.6) is 0 Å². The molecule has 0 aliphatic carbocycles. The van der Waals surface area contributed by atoms with E-state index in [2.05, 4.69) is 10.2 Å². The Labute approximate surface area is 112 Å². The Morgan fingerprint density at radius 3 is 2.53 bits per heavy atom. The molecule has 0 saturated heterocycles.